The number of rotatable bonds is 5. The molecule has 0 amide bonds. The standard InChI is InChI=1S/C20H24BN5O2/c1-19(2)20(3,4)28-21(27-19)15-12-25-18(9-17(15)24-5)16-7-6-14(26-16)8-13(10-22)11-23/h6-10,12,22,26H,1-5H3,(H,24,25)/b13-8+,22-10?. The maximum atomic E-state index is 8.96. The summed E-state index contributed by atoms with van der Waals surface area (Å²) in [7, 11) is 1.35. The molecule has 144 valence electrons. The number of nitrogens with one attached hydrogen (secondary N) is 3. The van der Waals surface area contributed by atoms with Crippen LogP contribution in [0.2, 0.25) is 0 Å². The molecule has 0 bridgehead atoms. The molecule has 28 heavy (non-hydrogen) atoms. The Morgan fingerprint density at radius 2 is 1.96 bits per heavy atom. The van der Waals surface area contributed by atoms with Crippen LogP contribution in [0, 0.1) is 16.7 Å². The molecule has 1 aliphatic rings. The van der Waals surface area contributed by atoms with E-state index < -0.39 is 18.3 Å². The minimum absolute atomic E-state index is 0.272. The highest BCUT2D eigenvalue weighted by Gasteiger charge is 2.52. The third kappa shape index (κ3) is 3.59. The molecule has 0 atom stereocenters. The first-order chi connectivity index (χ1) is 13.2. The van der Waals surface area contributed by atoms with Crippen molar-refractivity contribution < 1.29 is 9.31 Å². The van der Waals surface area contributed by atoms with Crippen molar-refractivity contribution in [2.75, 3.05) is 12.4 Å². The molecule has 1 saturated heterocycles. The van der Waals surface area contributed by atoms with Gasteiger partial charge in [0.25, 0.3) is 0 Å². The summed E-state index contributed by atoms with van der Waals surface area (Å²) < 4.78 is 12.3. The van der Waals surface area contributed by atoms with E-state index in [4.69, 9.17) is 20.0 Å². The van der Waals surface area contributed by atoms with Crippen LogP contribution in [0.25, 0.3) is 17.5 Å². The third-order valence-corrected chi connectivity index (χ3v) is 5.29. The van der Waals surface area contributed by atoms with Crippen molar-refractivity contribution in [3.05, 3.63) is 35.7 Å². The van der Waals surface area contributed by atoms with Crippen LogP contribution in [0.4, 0.5) is 5.69 Å². The van der Waals surface area contributed by atoms with Gasteiger partial charge in [-0.15, -0.1) is 0 Å². The van der Waals surface area contributed by atoms with Crippen LogP contribution in [0.3, 0.4) is 0 Å². The third-order valence-electron chi connectivity index (χ3n) is 5.29. The van der Waals surface area contributed by atoms with Crippen molar-refractivity contribution >= 4 is 30.6 Å². The Kier molecular flexibility index (Phi) is 5.15. The van der Waals surface area contributed by atoms with E-state index in [9.17, 15) is 0 Å². The van der Waals surface area contributed by atoms with Crippen LogP contribution >= 0.6 is 0 Å². The van der Waals surface area contributed by atoms with Crippen molar-refractivity contribution in [2.45, 2.75) is 38.9 Å². The van der Waals surface area contributed by atoms with E-state index in [-0.39, 0.29) is 5.57 Å². The molecule has 0 saturated carbocycles. The molecule has 3 rings (SSSR count). The summed E-state index contributed by atoms with van der Waals surface area (Å²) in [5, 5.41) is 19.4. The Labute approximate surface area is 165 Å². The Bertz CT molecular complexity index is 955. The van der Waals surface area contributed by atoms with Gasteiger partial charge in [-0.2, -0.15) is 5.26 Å². The van der Waals surface area contributed by atoms with Gasteiger partial charge in [-0.05, 0) is 52.0 Å². The summed E-state index contributed by atoms with van der Waals surface area (Å²) in [6.45, 7) is 8.08. The van der Waals surface area contributed by atoms with Gasteiger partial charge in [-0.3, -0.25) is 4.98 Å². The predicted molar refractivity (Wildman–Crippen MR) is 112 cm³/mol. The van der Waals surface area contributed by atoms with E-state index >= 15 is 0 Å². The first-order valence-corrected chi connectivity index (χ1v) is 9.06. The van der Waals surface area contributed by atoms with Gasteiger partial charge in [0.1, 0.15) is 6.07 Å². The molecule has 0 unspecified atom stereocenters. The zero-order valence-corrected chi connectivity index (χ0v) is 16.8. The molecular formula is C20H24BN5O2. The maximum absolute atomic E-state index is 8.96. The number of H-pyrrole nitrogens is 1. The number of hydrogen-bond donors (Lipinski definition) is 3. The fourth-order valence-corrected chi connectivity index (χ4v) is 2.91. The summed E-state index contributed by atoms with van der Waals surface area (Å²) in [5.74, 6) is 0. The second-order valence-corrected chi connectivity index (χ2v) is 7.68. The van der Waals surface area contributed by atoms with Gasteiger partial charge in [0.15, 0.2) is 0 Å². The van der Waals surface area contributed by atoms with Gasteiger partial charge in [0.2, 0.25) is 0 Å². The summed E-state index contributed by atoms with van der Waals surface area (Å²) in [4.78, 5) is 7.78. The van der Waals surface area contributed by atoms with Crippen LogP contribution in [-0.2, 0) is 9.31 Å². The quantitative estimate of drug-likeness (QED) is 0.422. The largest absolute Gasteiger partial charge is 0.498 e. The highest BCUT2D eigenvalue weighted by molar-refractivity contribution is 6.63. The van der Waals surface area contributed by atoms with Crippen LogP contribution in [-0.4, -0.2) is 41.6 Å². The Hall–Kier alpha value is -2.89. The number of hydrogen-bond acceptors (Lipinski definition) is 6. The van der Waals surface area contributed by atoms with E-state index in [0.717, 1.165) is 34.4 Å². The van der Waals surface area contributed by atoms with Gasteiger partial charge in [0.05, 0.1) is 28.2 Å². The Morgan fingerprint density at radius 3 is 2.54 bits per heavy atom. The van der Waals surface area contributed by atoms with E-state index in [0.29, 0.717) is 0 Å². The zero-order chi connectivity index (χ0) is 20.5. The van der Waals surface area contributed by atoms with Gasteiger partial charge in [-0.1, -0.05) is 0 Å². The van der Waals surface area contributed by atoms with Crippen LogP contribution in [0.5, 0.6) is 0 Å². The lowest BCUT2D eigenvalue weighted by atomic mass is 9.78. The fraction of sp³-hybridized carbons (Fsp3) is 0.350. The van der Waals surface area contributed by atoms with E-state index in [1.54, 1.807) is 12.3 Å². The molecule has 3 heterocycles. The van der Waals surface area contributed by atoms with Gasteiger partial charge < -0.3 is 25.0 Å². The number of pyridine rings is 1. The highest BCUT2D eigenvalue weighted by atomic mass is 16.7. The minimum atomic E-state index is -0.498. The molecule has 0 aliphatic carbocycles. The number of aromatic nitrogens is 2. The fourth-order valence-electron chi connectivity index (χ4n) is 2.91. The normalized spacial score (nSPS) is 18.0. The number of aromatic amines is 1. The lowest BCUT2D eigenvalue weighted by Crippen LogP contribution is -2.41. The molecule has 3 N–H and O–H groups in total. The molecular weight excluding hydrogens is 353 g/mol. The molecule has 1 fully saturated rings. The van der Waals surface area contributed by atoms with Crippen molar-refractivity contribution in [3.8, 4) is 17.5 Å². The van der Waals surface area contributed by atoms with E-state index in [1.807, 2.05) is 59.0 Å². The van der Waals surface area contributed by atoms with E-state index in [2.05, 4.69) is 15.3 Å². The smallest absolute Gasteiger partial charge is 0.399 e. The van der Waals surface area contributed by atoms with Crippen molar-refractivity contribution in [1.29, 1.82) is 10.7 Å². The van der Waals surface area contributed by atoms with Crippen LogP contribution in [0.15, 0.2) is 30.0 Å². The average Bonchev–Trinajstić information content (AvgIpc) is 3.20. The van der Waals surface area contributed by atoms with Gasteiger partial charge >= 0.3 is 7.12 Å². The van der Waals surface area contributed by atoms with E-state index in [1.165, 1.54) is 0 Å². The second kappa shape index (κ2) is 7.26. The number of anilines is 1. The van der Waals surface area contributed by atoms with Gasteiger partial charge in [-0.25, -0.2) is 0 Å². The Morgan fingerprint density at radius 1 is 1.29 bits per heavy atom. The SMILES string of the molecule is CNc1cc(-c2ccc(/C=C(/C#N)C=N)[nH]2)ncc1B1OC(C)(C)C(C)(C)O1. The lowest BCUT2D eigenvalue weighted by molar-refractivity contribution is 0.00578. The topological polar surface area (TPSA) is 107 Å². The lowest BCUT2D eigenvalue weighted by Gasteiger charge is -2.32. The summed E-state index contributed by atoms with van der Waals surface area (Å²) in [6, 6.07) is 7.63. The summed E-state index contributed by atoms with van der Waals surface area (Å²) in [5.41, 5.74) is 3.43. The van der Waals surface area contributed by atoms with Crippen LogP contribution in [0.1, 0.15) is 33.4 Å². The van der Waals surface area contributed by atoms with Crippen molar-refractivity contribution in [3.63, 3.8) is 0 Å². The molecule has 2 aromatic heterocycles. The maximum Gasteiger partial charge on any atom is 0.498 e. The molecule has 1 aliphatic heterocycles. The number of nitriles is 1. The highest BCUT2D eigenvalue weighted by Crippen LogP contribution is 2.37. The first-order valence-electron chi connectivity index (χ1n) is 9.06. The Balaban J connectivity index is 1.91. The number of allylic oxidation sites excluding steroid dienone is 1. The molecule has 0 radical (unpaired) electrons. The molecule has 7 nitrogen and oxygen atoms in total. The minimum Gasteiger partial charge on any atom is -0.399 e. The zero-order valence-electron chi connectivity index (χ0n) is 16.8. The molecule has 0 aromatic carbocycles. The van der Waals surface area contributed by atoms with Gasteiger partial charge in [0, 0.05) is 36.3 Å². The van der Waals surface area contributed by atoms with Crippen molar-refractivity contribution in [1.82, 2.24) is 9.97 Å². The average molecular weight is 377 g/mol. The van der Waals surface area contributed by atoms with Crippen LogP contribution < -0.4 is 10.8 Å². The number of nitrogens with zero attached hydrogens (tertiary/aromatic N) is 2. The second-order valence-electron chi connectivity index (χ2n) is 7.68. The summed E-state index contributed by atoms with van der Waals surface area (Å²) in [6.07, 6.45) is 4.41. The monoisotopic (exact) mass is 377 g/mol. The summed E-state index contributed by atoms with van der Waals surface area (Å²) >= 11 is 0. The first kappa shape index (κ1) is 19.9. The predicted octanol–water partition coefficient (Wildman–Crippen LogP) is 2.97. The molecule has 2 aromatic rings. The molecule has 0 spiro atoms. The molecule has 8 heteroatoms. The van der Waals surface area contributed by atoms with Crippen molar-refractivity contribution in [2.24, 2.45) is 0 Å².